The van der Waals surface area contributed by atoms with Crippen molar-refractivity contribution >= 4 is 5.91 Å². The van der Waals surface area contributed by atoms with Crippen molar-refractivity contribution in [2.45, 2.75) is 59.2 Å². The topological polar surface area (TPSA) is 50.4 Å². The number of carbonyl (C=O) groups excluding carboxylic acids is 1. The van der Waals surface area contributed by atoms with Crippen molar-refractivity contribution < 1.29 is 9.53 Å². The van der Waals surface area contributed by atoms with E-state index >= 15 is 0 Å². The van der Waals surface area contributed by atoms with Crippen molar-refractivity contribution in [2.75, 3.05) is 6.61 Å². The van der Waals surface area contributed by atoms with Crippen LogP contribution < -0.4 is 15.4 Å². The van der Waals surface area contributed by atoms with E-state index in [1.807, 2.05) is 38.1 Å². The molecule has 4 nitrogen and oxygen atoms in total. The normalized spacial score (nSPS) is 12.8. The molecule has 0 saturated carbocycles. The molecule has 0 aliphatic carbocycles. The van der Waals surface area contributed by atoms with Crippen molar-refractivity contribution in [1.82, 2.24) is 10.6 Å². The lowest BCUT2D eigenvalue weighted by Gasteiger charge is -2.21. The Hall–Kier alpha value is -1.55. The Labute approximate surface area is 128 Å². The van der Waals surface area contributed by atoms with Gasteiger partial charge in [0.15, 0.2) is 6.61 Å². The average molecular weight is 292 g/mol. The number of hydrogen-bond donors (Lipinski definition) is 2. The van der Waals surface area contributed by atoms with Gasteiger partial charge >= 0.3 is 0 Å². The van der Waals surface area contributed by atoms with Crippen LogP contribution in [-0.4, -0.2) is 24.1 Å². The Morgan fingerprint density at radius 2 is 1.95 bits per heavy atom. The molecular weight excluding hydrogens is 264 g/mol. The molecule has 1 aromatic rings. The van der Waals surface area contributed by atoms with Crippen LogP contribution in [-0.2, 0) is 11.3 Å². The molecule has 1 rings (SSSR count). The summed E-state index contributed by atoms with van der Waals surface area (Å²) in [6, 6.07) is 7.99. The second-order valence-corrected chi connectivity index (χ2v) is 6.38. The molecule has 0 aliphatic rings. The average Bonchev–Trinajstić information content (AvgIpc) is 2.42. The highest BCUT2D eigenvalue weighted by molar-refractivity contribution is 5.77. The van der Waals surface area contributed by atoms with Crippen molar-refractivity contribution in [1.29, 1.82) is 0 Å². The van der Waals surface area contributed by atoms with E-state index in [0.29, 0.717) is 6.54 Å². The van der Waals surface area contributed by atoms with E-state index in [2.05, 4.69) is 31.4 Å². The SMILES string of the molecule is CCC(C)NC(=O)COc1ccccc1CNC(C)(C)C. The molecule has 0 heterocycles. The maximum absolute atomic E-state index is 11.8. The number of ether oxygens (including phenoxy) is 1. The van der Waals surface area contributed by atoms with E-state index in [9.17, 15) is 4.79 Å². The van der Waals surface area contributed by atoms with Crippen molar-refractivity contribution in [3.8, 4) is 5.75 Å². The fourth-order valence-electron chi connectivity index (χ4n) is 1.71. The monoisotopic (exact) mass is 292 g/mol. The minimum Gasteiger partial charge on any atom is -0.483 e. The zero-order valence-electron chi connectivity index (χ0n) is 13.8. The first-order valence-corrected chi connectivity index (χ1v) is 7.57. The van der Waals surface area contributed by atoms with Gasteiger partial charge in [-0.2, -0.15) is 0 Å². The number of hydrogen-bond acceptors (Lipinski definition) is 3. The highest BCUT2D eigenvalue weighted by atomic mass is 16.5. The van der Waals surface area contributed by atoms with Crippen LogP contribution in [0.2, 0.25) is 0 Å². The summed E-state index contributed by atoms with van der Waals surface area (Å²) in [5.74, 6) is 0.677. The minimum absolute atomic E-state index is 0.0427. The third-order valence-corrected chi connectivity index (χ3v) is 3.16. The van der Waals surface area contributed by atoms with Gasteiger partial charge in [0, 0.05) is 23.7 Å². The maximum Gasteiger partial charge on any atom is 0.258 e. The fraction of sp³-hybridized carbons (Fsp3) is 0.588. The summed E-state index contributed by atoms with van der Waals surface area (Å²) in [5, 5.41) is 6.32. The lowest BCUT2D eigenvalue weighted by Crippen LogP contribution is -2.36. The van der Waals surface area contributed by atoms with Gasteiger partial charge in [-0.15, -0.1) is 0 Å². The number of benzene rings is 1. The molecule has 1 amide bonds. The van der Waals surface area contributed by atoms with Crippen LogP contribution in [0, 0.1) is 0 Å². The number of carbonyl (C=O) groups is 1. The van der Waals surface area contributed by atoms with Gasteiger partial charge in [-0.1, -0.05) is 25.1 Å². The fourth-order valence-corrected chi connectivity index (χ4v) is 1.71. The molecular formula is C17H28N2O2. The summed E-state index contributed by atoms with van der Waals surface area (Å²) >= 11 is 0. The van der Waals surface area contributed by atoms with Crippen molar-refractivity contribution in [3.63, 3.8) is 0 Å². The zero-order chi connectivity index (χ0) is 15.9. The van der Waals surface area contributed by atoms with E-state index < -0.39 is 0 Å². The second kappa shape index (κ2) is 8.03. The predicted octanol–water partition coefficient (Wildman–Crippen LogP) is 2.87. The molecule has 0 spiro atoms. The lowest BCUT2D eigenvalue weighted by molar-refractivity contribution is -0.123. The van der Waals surface area contributed by atoms with Crippen molar-refractivity contribution in [3.05, 3.63) is 29.8 Å². The van der Waals surface area contributed by atoms with E-state index in [1.165, 1.54) is 0 Å². The van der Waals surface area contributed by atoms with Gasteiger partial charge in [-0.05, 0) is 40.2 Å². The molecule has 118 valence electrons. The molecule has 0 aromatic heterocycles. The summed E-state index contributed by atoms with van der Waals surface area (Å²) < 4.78 is 5.66. The third kappa shape index (κ3) is 7.14. The van der Waals surface area contributed by atoms with Gasteiger partial charge in [0.05, 0.1) is 0 Å². The molecule has 0 bridgehead atoms. The van der Waals surface area contributed by atoms with Gasteiger partial charge in [-0.25, -0.2) is 0 Å². The third-order valence-electron chi connectivity index (χ3n) is 3.16. The number of para-hydroxylation sites is 1. The number of nitrogens with one attached hydrogen (secondary N) is 2. The first kappa shape index (κ1) is 17.5. The Morgan fingerprint density at radius 3 is 2.57 bits per heavy atom. The highest BCUT2D eigenvalue weighted by Gasteiger charge is 2.12. The van der Waals surface area contributed by atoms with Crippen LogP contribution in [0.15, 0.2) is 24.3 Å². The van der Waals surface area contributed by atoms with Crippen LogP contribution in [0.4, 0.5) is 0 Å². The van der Waals surface area contributed by atoms with Crippen LogP contribution in [0.25, 0.3) is 0 Å². The van der Waals surface area contributed by atoms with E-state index in [1.54, 1.807) is 0 Å². The second-order valence-electron chi connectivity index (χ2n) is 6.38. The lowest BCUT2D eigenvalue weighted by atomic mass is 10.1. The van der Waals surface area contributed by atoms with Crippen LogP contribution in [0.5, 0.6) is 5.75 Å². The van der Waals surface area contributed by atoms with Crippen LogP contribution >= 0.6 is 0 Å². The van der Waals surface area contributed by atoms with Crippen LogP contribution in [0.3, 0.4) is 0 Å². The molecule has 4 heteroatoms. The van der Waals surface area contributed by atoms with E-state index in [4.69, 9.17) is 4.74 Å². The predicted molar refractivity (Wildman–Crippen MR) is 86.4 cm³/mol. The Kier molecular flexibility index (Phi) is 6.69. The Morgan fingerprint density at radius 1 is 1.29 bits per heavy atom. The quantitative estimate of drug-likeness (QED) is 0.812. The largest absolute Gasteiger partial charge is 0.483 e. The highest BCUT2D eigenvalue weighted by Crippen LogP contribution is 2.18. The summed E-state index contributed by atoms with van der Waals surface area (Å²) in [6.07, 6.45) is 0.915. The van der Waals surface area contributed by atoms with Gasteiger partial charge in [-0.3, -0.25) is 4.79 Å². The van der Waals surface area contributed by atoms with Gasteiger partial charge in [0.1, 0.15) is 5.75 Å². The Bertz CT molecular complexity index is 452. The van der Waals surface area contributed by atoms with E-state index in [-0.39, 0.29) is 24.1 Å². The first-order chi connectivity index (χ1) is 9.81. The summed E-state index contributed by atoms with van der Waals surface area (Å²) in [4.78, 5) is 11.8. The standard InChI is InChI=1S/C17H28N2O2/c1-6-13(2)19-16(20)12-21-15-10-8-7-9-14(15)11-18-17(3,4)5/h7-10,13,18H,6,11-12H2,1-5H3,(H,19,20). The van der Waals surface area contributed by atoms with Crippen molar-refractivity contribution in [2.24, 2.45) is 0 Å². The molecule has 1 atom stereocenters. The molecule has 1 unspecified atom stereocenters. The molecule has 2 N–H and O–H groups in total. The molecule has 0 radical (unpaired) electrons. The molecule has 21 heavy (non-hydrogen) atoms. The summed E-state index contributed by atoms with van der Waals surface area (Å²) in [7, 11) is 0. The van der Waals surface area contributed by atoms with E-state index in [0.717, 1.165) is 17.7 Å². The molecule has 0 aliphatic heterocycles. The number of amides is 1. The molecule has 0 saturated heterocycles. The summed E-state index contributed by atoms with van der Waals surface area (Å²) in [5.41, 5.74) is 1.10. The minimum atomic E-state index is -0.0806. The zero-order valence-corrected chi connectivity index (χ0v) is 13.8. The Balaban J connectivity index is 2.57. The first-order valence-electron chi connectivity index (χ1n) is 7.57. The van der Waals surface area contributed by atoms with Gasteiger partial charge in [0.2, 0.25) is 0 Å². The summed E-state index contributed by atoms with van der Waals surface area (Å²) in [6.45, 7) is 11.2. The number of rotatable bonds is 7. The van der Waals surface area contributed by atoms with Crippen LogP contribution in [0.1, 0.15) is 46.6 Å². The smallest absolute Gasteiger partial charge is 0.258 e. The molecule has 1 aromatic carbocycles. The van der Waals surface area contributed by atoms with Gasteiger partial charge < -0.3 is 15.4 Å². The van der Waals surface area contributed by atoms with Gasteiger partial charge in [0.25, 0.3) is 5.91 Å². The maximum atomic E-state index is 11.8. The molecule has 0 fully saturated rings.